The lowest BCUT2D eigenvalue weighted by Crippen LogP contribution is -2.48. The minimum Gasteiger partial charge on any atom is -0.448 e. The fourth-order valence-electron chi connectivity index (χ4n) is 2.43. The van der Waals surface area contributed by atoms with Crippen LogP contribution in [0.4, 0.5) is 10.6 Å². The van der Waals surface area contributed by atoms with Crippen molar-refractivity contribution in [1.82, 2.24) is 4.98 Å². The van der Waals surface area contributed by atoms with E-state index in [0.717, 1.165) is 0 Å². The molecule has 1 aromatic heterocycles. The fraction of sp³-hybridized carbons (Fsp3) is 0.263. The van der Waals surface area contributed by atoms with Crippen LogP contribution in [0.2, 0.25) is 0 Å². The zero-order chi connectivity index (χ0) is 16.4. The van der Waals surface area contributed by atoms with Crippen LogP contribution in [0.1, 0.15) is 19.4 Å². The van der Waals surface area contributed by atoms with Crippen molar-refractivity contribution < 1.29 is 9.53 Å². The first-order valence-electron chi connectivity index (χ1n) is 7.46. The van der Waals surface area contributed by atoms with E-state index in [9.17, 15) is 4.79 Å². The van der Waals surface area contributed by atoms with Crippen LogP contribution in [0.3, 0.4) is 0 Å². The lowest BCUT2D eigenvalue weighted by atomic mass is 9.93. The summed E-state index contributed by atoms with van der Waals surface area (Å²) in [6, 6.07) is 12.0. The van der Waals surface area contributed by atoms with Crippen molar-refractivity contribution in [2.45, 2.75) is 13.8 Å². The van der Waals surface area contributed by atoms with Gasteiger partial charge in [-0.1, -0.05) is 38.0 Å². The number of terminal acetylenes is 1. The van der Waals surface area contributed by atoms with E-state index in [1.807, 2.05) is 13.8 Å². The van der Waals surface area contributed by atoms with E-state index in [1.54, 1.807) is 18.3 Å². The van der Waals surface area contributed by atoms with Gasteiger partial charge < -0.3 is 4.74 Å². The van der Waals surface area contributed by atoms with E-state index in [0.29, 0.717) is 24.5 Å². The average Bonchev–Trinajstić information content (AvgIpc) is 3.16. The van der Waals surface area contributed by atoms with Crippen molar-refractivity contribution in [2.75, 3.05) is 18.1 Å². The highest BCUT2D eigenvalue weighted by molar-refractivity contribution is 5.88. The molecule has 2 aliphatic carbocycles. The van der Waals surface area contributed by atoms with Crippen LogP contribution in [-0.4, -0.2) is 24.2 Å². The summed E-state index contributed by atoms with van der Waals surface area (Å²) in [7, 11) is 0. The molecule has 0 unspecified atom stereocenters. The molecular formula is C19H18N2O2. The number of benzene rings is 1. The van der Waals surface area contributed by atoms with Gasteiger partial charge in [-0.25, -0.2) is 9.78 Å². The maximum absolute atomic E-state index is 11.7. The smallest absolute Gasteiger partial charge is 0.415 e. The number of ether oxygens (including phenoxy) is 1. The number of rotatable bonds is 1. The lowest BCUT2D eigenvalue weighted by molar-refractivity contribution is 0.0819. The van der Waals surface area contributed by atoms with Gasteiger partial charge in [0.05, 0.1) is 12.2 Å². The average molecular weight is 306 g/mol. The molecule has 0 radical (unpaired) electrons. The highest BCUT2D eigenvalue weighted by Gasteiger charge is 2.35. The van der Waals surface area contributed by atoms with E-state index in [2.05, 4.69) is 35.2 Å². The molecule has 4 heteroatoms. The normalized spacial score (nSPS) is 16.6. The molecule has 2 heterocycles. The van der Waals surface area contributed by atoms with Gasteiger partial charge in [0.15, 0.2) is 5.82 Å². The number of pyridine rings is 1. The Hall–Kier alpha value is -2.80. The second kappa shape index (κ2) is 5.77. The molecule has 1 fully saturated rings. The van der Waals surface area contributed by atoms with Crippen molar-refractivity contribution in [1.29, 1.82) is 0 Å². The first-order chi connectivity index (χ1) is 11.0. The molecule has 0 bridgehead atoms. The molecule has 1 saturated heterocycles. The molecule has 4 nitrogen and oxygen atoms in total. The summed E-state index contributed by atoms with van der Waals surface area (Å²) in [4.78, 5) is 17.4. The maximum atomic E-state index is 11.7. The molecule has 1 aromatic rings. The highest BCUT2D eigenvalue weighted by atomic mass is 16.6. The molecular weight excluding hydrogens is 288 g/mol. The third-order valence-electron chi connectivity index (χ3n) is 3.70. The number of hydrogen-bond acceptors (Lipinski definition) is 3. The second-order valence-electron chi connectivity index (χ2n) is 6.40. The fourth-order valence-corrected chi connectivity index (χ4v) is 2.43. The number of hydrogen-bond donors (Lipinski definition) is 0. The van der Waals surface area contributed by atoms with Gasteiger partial charge in [0.25, 0.3) is 0 Å². The van der Waals surface area contributed by atoms with Crippen LogP contribution < -0.4 is 4.90 Å². The Labute approximate surface area is 136 Å². The Bertz CT molecular complexity index is 773. The minimum atomic E-state index is -0.389. The molecule has 0 aromatic carbocycles. The van der Waals surface area contributed by atoms with Gasteiger partial charge in [-0.05, 0) is 29.3 Å². The third kappa shape index (κ3) is 3.35. The summed E-state index contributed by atoms with van der Waals surface area (Å²) < 4.78 is 5.14. The number of anilines is 1. The number of aromatic nitrogens is 1. The first kappa shape index (κ1) is 15.1. The summed E-state index contributed by atoms with van der Waals surface area (Å²) in [6.07, 6.45) is 6.63. The van der Waals surface area contributed by atoms with Crippen molar-refractivity contribution in [3.05, 3.63) is 48.2 Å². The predicted molar refractivity (Wildman–Crippen MR) is 90.1 cm³/mol. The Balaban J connectivity index is 0.000000213. The second-order valence-corrected chi connectivity index (χ2v) is 6.40. The Morgan fingerprint density at radius 3 is 2.57 bits per heavy atom. The zero-order valence-corrected chi connectivity index (χ0v) is 13.2. The van der Waals surface area contributed by atoms with Crippen molar-refractivity contribution >= 4 is 11.9 Å². The number of cyclic esters (lactones) is 1. The first-order valence-corrected chi connectivity index (χ1v) is 7.46. The number of carbonyl (C=O) groups excluding carboxylic acids is 1. The molecule has 0 atom stereocenters. The number of amides is 1. The molecule has 4 rings (SSSR count). The van der Waals surface area contributed by atoms with Gasteiger partial charge in [0.2, 0.25) is 0 Å². The van der Waals surface area contributed by atoms with Gasteiger partial charge in [0.1, 0.15) is 0 Å². The van der Waals surface area contributed by atoms with Gasteiger partial charge in [0, 0.05) is 18.2 Å². The number of carbonyl (C=O) groups is 1. The van der Waals surface area contributed by atoms with E-state index in [-0.39, 0.29) is 11.5 Å². The summed E-state index contributed by atoms with van der Waals surface area (Å²) in [6.45, 7) is 5.04. The molecule has 1 amide bonds. The Kier molecular flexibility index (Phi) is 3.79. The zero-order valence-electron chi connectivity index (χ0n) is 13.2. The highest BCUT2D eigenvalue weighted by Crippen LogP contribution is 2.32. The number of nitrogens with zero attached hydrogens (tertiary/aromatic N) is 2. The lowest BCUT2D eigenvalue weighted by Gasteiger charge is -2.36. The minimum absolute atomic E-state index is 0.0999. The molecule has 23 heavy (non-hydrogen) atoms. The SMILES string of the molecule is C#Cc1cccnc1N1CC(C)(C)COC1=O.c1cc2cc-2c1. The van der Waals surface area contributed by atoms with Gasteiger partial charge in [-0.15, -0.1) is 6.42 Å². The Morgan fingerprint density at radius 1 is 1.26 bits per heavy atom. The van der Waals surface area contributed by atoms with E-state index < -0.39 is 0 Å². The van der Waals surface area contributed by atoms with Crippen molar-refractivity contribution in [3.63, 3.8) is 0 Å². The van der Waals surface area contributed by atoms with Crippen LogP contribution in [0.25, 0.3) is 11.1 Å². The van der Waals surface area contributed by atoms with Crippen LogP contribution in [0.15, 0.2) is 42.6 Å². The molecule has 3 aliphatic rings. The van der Waals surface area contributed by atoms with Crippen molar-refractivity contribution in [3.8, 4) is 23.5 Å². The van der Waals surface area contributed by atoms with Crippen LogP contribution in [-0.2, 0) is 4.74 Å². The van der Waals surface area contributed by atoms with E-state index in [1.165, 1.54) is 16.0 Å². The maximum Gasteiger partial charge on any atom is 0.415 e. The largest absolute Gasteiger partial charge is 0.448 e. The summed E-state index contributed by atoms with van der Waals surface area (Å²) in [5, 5.41) is 0. The standard InChI is InChI=1S/C13H14N2O2.C6H4/c1-4-10-6-5-7-14-11(10)15-8-13(2,3)9-17-12(15)16;1-2-5-4-6(5)3-1/h1,5-7H,8-9H2,2-3H3;1-4H. The quantitative estimate of drug-likeness (QED) is 0.644. The predicted octanol–water partition coefficient (Wildman–Crippen LogP) is 3.71. The van der Waals surface area contributed by atoms with E-state index in [4.69, 9.17) is 11.2 Å². The molecule has 116 valence electrons. The summed E-state index contributed by atoms with van der Waals surface area (Å²) in [5.41, 5.74) is 3.35. The molecule has 0 saturated carbocycles. The number of fused-ring (bicyclic) bond motifs is 1. The third-order valence-corrected chi connectivity index (χ3v) is 3.70. The van der Waals surface area contributed by atoms with Crippen molar-refractivity contribution in [2.24, 2.45) is 5.41 Å². The van der Waals surface area contributed by atoms with Gasteiger partial charge >= 0.3 is 6.09 Å². The van der Waals surface area contributed by atoms with Crippen LogP contribution >= 0.6 is 0 Å². The summed E-state index contributed by atoms with van der Waals surface area (Å²) in [5.74, 6) is 3.02. The molecule has 0 spiro atoms. The monoisotopic (exact) mass is 306 g/mol. The van der Waals surface area contributed by atoms with Gasteiger partial charge in [-0.2, -0.15) is 0 Å². The van der Waals surface area contributed by atoms with Crippen LogP contribution in [0, 0.1) is 17.8 Å². The summed E-state index contributed by atoms with van der Waals surface area (Å²) >= 11 is 0. The van der Waals surface area contributed by atoms with Crippen LogP contribution in [0.5, 0.6) is 0 Å². The molecule has 1 aliphatic heterocycles. The topological polar surface area (TPSA) is 42.4 Å². The Morgan fingerprint density at radius 2 is 2.00 bits per heavy atom. The van der Waals surface area contributed by atoms with Gasteiger partial charge in [-0.3, -0.25) is 4.90 Å². The molecule has 0 N–H and O–H groups in total. The van der Waals surface area contributed by atoms with E-state index >= 15 is 0 Å².